The lowest BCUT2D eigenvalue weighted by Gasteiger charge is -2.37. The second kappa shape index (κ2) is 8.43. The summed E-state index contributed by atoms with van der Waals surface area (Å²) in [6.45, 7) is 2.82. The Morgan fingerprint density at radius 3 is 2.81 bits per heavy atom. The Kier molecular flexibility index (Phi) is 6.52. The van der Waals surface area contributed by atoms with E-state index in [0.29, 0.717) is 24.1 Å². The molecule has 1 aliphatic rings. The average molecular weight is 384 g/mol. The first-order valence-corrected chi connectivity index (χ1v) is 8.15. The fraction of sp³-hybridized carbons (Fsp3) is 0.500. The van der Waals surface area contributed by atoms with Crippen molar-refractivity contribution in [3.8, 4) is 0 Å². The first kappa shape index (κ1) is 20.1. The van der Waals surface area contributed by atoms with E-state index >= 15 is 0 Å². The molecule has 0 unspecified atom stereocenters. The van der Waals surface area contributed by atoms with Crippen LogP contribution in [0.2, 0.25) is 0 Å². The van der Waals surface area contributed by atoms with E-state index in [-0.39, 0.29) is 35.1 Å². The number of fused-ring (bicyclic) bond motifs is 1. The summed E-state index contributed by atoms with van der Waals surface area (Å²) in [4.78, 5) is 23.0. The summed E-state index contributed by atoms with van der Waals surface area (Å²) in [6, 6.07) is 4.30. The molecule has 2 heterocycles. The molecule has 1 saturated heterocycles. The van der Waals surface area contributed by atoms with Crippen molar-refractivity contribution in [2.45, 2.75) is 12.8 Å². The van der Waals surface area contributed by atoms with Gasteiger partial charge in [0.15, 0.2) is 5.69 Å². The zero-order valence-corrected chi connectivity index (χ0v) is 15.2. The summed E-state index contributed by atoms with van der Waals surface area (Å²) in [5.74, 6) is -0.347. The van der Waals surface area contributed by atoms with Crippen LogP contribution in [0.4, 0.5) is 5.69 Å². The minimum Gasteiger partial charge on any atom is -0.384 e. The summed E-state index contributed by atoms with van der Waals surface area (Å²) in [6.07, 6.45) is 1.82. The van der Waals surface area contributed by atoms with Gasteiger partial charge >= 0.3 is 0 Å². The maximum Gasteiger partial charge on any atom is 0.272 e. The van der Waals surface area contributed by atoms with Gasteiger partial charge in [-0.3, -0.25) is 20.0 Å². The maximum absolute atomic E-state index is 12.6. The van der Waals surface area contributed by atoms with Crippen LogP contribution >= 0.6 is 12.4 Å². The highest BCUT2D eigenvalue weighted by Gasteiger charge is 2.33. The van der Waals surface area contributed by atoms with Crippen LogP contribution < -0.4 is 10.6 Å². The van der Waals surface area contributed by atoms with Gasteiger partial charge in [0.25, 0.3) is 11.6 Å². The van der Waals surface area contributed by atoms with Crippen molar-refractivity contribution in [3.05, 3.63) is 34.0 Å². The molecule has 10 heteroatoms. The molecule has 142 valence electrons. The lowest BCUT2D eigenvalue weighted by Crippen LogP contribution is -2.47. The molecule has 2 aromatic rings. The third-order valence-electron chi connectivity index (χ3n) is 4.71. The van der Waals surface area contributed by atoms with Crippen molar-refractivity contribution in [2.75, 3.05) is 33.4 Å². The molecule has 0 spiro atoms. The van der Waals surface area contributed by atoms with Gasteiger partial charge < -0.3 is 15.4 Å². The number of benzene rings is 1. The van der Waals surface area contributed by atoms with E-state index in [1.54, 1.807) is 13.2 Å². The molecule has 1 fully saturated rings. The SMILES string of the molecule is COCC1(CNC(=O)c2n[nH]c3ccc([N+](=O)[O-])cc23)CCNCC1.Cl. The minimum absolute atomic E-state index is 0. The van der Waals surface area contributed by atoms with Crippen LogP contribution in [0.25, 0.3) is 10.9 Å². The number of hydrogen-bond donors (Lipinski definition) is 3. The number of nitro benzene ring substituents is 1. The number of halogens is 1. The third-order valence-corrected chi connectivity index (χ3v) is 4.71. The van der Waals surface area contributed by atoms with Crippen LogP contribution in [-0.2, 0) is 4.74 Å². The van der Waals surface area contributed by atoms with Gasteiger partial charge in [-0.25, -0.2) is 0 Å². The molecule has 0 aliphatic carbocycles. The highest BCUT2D eigenvalue weighted by atomic mass is 35.5. The first-order valence-electron chi connectivity index (χ1n) is 8.15. The highest BCUT2D eigenvalue weighted by molar-refractivity contribution is 6.05. The summed E-state index contributed by atoms with van der Waals surface area (Å²) < 4.78 is 5.34. The van der Waals surface area contributed by atoms with E-state index in [1.807, 2.05) is 0 Å². The Morgan fingerprint density at radius 2 is 2.15 bits per heavy atom. The van der Waals surface area contributed by atoms with Crippen molar-refractivity contribution in [1.29, 1.82) is 0 Å². The smallest absolute Gasteiger partial charge is 0.272 e. The van der Waals surface area contributed by atoms with Crippen molar-refractivity contribution in [2.24, 2.45) is 5.41 Å². The van der Waals surface area contributed by atoms with Gasteiger partial charge in [0.1, 0.15) is 0 Å². The van der Waals surface area contributed by atoms with Crippen LogP contribution in [0.3, 0.4) is 0 Å². The number of piperidine rings is 1. The minimum atomic E-state index is -0.489. The number of amides is 1. The molecule has 0 bridgehead atoms. The Morgan fingerprint density at radius 1 is 1.42 bits per heavy atom. The van der Waals surface area contributed by atoms with Gasteiger partial charge in [-0.15, -0.1) is 12.4 Å². The third kappa shape index (κ3) is 4.12. The number of nitrogens with zero attached hydrogens (tertiary/aromatic N) is 2. The molecule has 1 aromatic heterocycles. The van der Waals surface area contributed by atoms with E-state index in [0.717, 1.165) is 25.9 Å². The second-order valence-corrected chi connectivity index (χ2v) is 6.42. The van der Waals surface area contributed by atoms with Gasteiger partial charge in [-0.1, -0.05) is 0 Å². The summed E-state index contributed by atoms with van der Waals surface area (Å²) in [5, 5.41) is 24.4. The number of H-pyrrole nitrogens is 1. The Labute approximate surface area is 156 Å². The lowest BCUT2D eigenvalue weighted by atomic mass is 9.79. The van der Waals surface area contributed by atoms with Crippen LogP contribution in [0.15, 0.2) is 18.2 Å². The van der Waals surface area contributed by atoms with E-state index in [2.05, 4.69) is 20.8 Å². The molecule has 26 heavy (non-hydrogen) atoms. The number of methoxy groups -OCH3 is 1. The number of ether oxygens (including phenoxy) is 1. The molecular weight excluding hydrogens is 362 g/mol. The van der Waals surface area contributed by atoms with Crippen LogP contribution in [0.5, 0.6) is 0 Å². The zero-order valence-electron chi connectivity index (χ0n) is 14.4. The number of carbonyl (C=O) groups excluding carboxylic acids is 1. The van der Waals surface area contributed by atoms with Gasteiger partial charge in [0, 0.05) is 36.6 Å². The Balaban J connectivity index is 0.00000243. The van der Waals surface area contributed by atoms with Gasteiger partial charge in [0.05, 0.1) is 17.0 Å². The molecule has 0 atom stereocenters. The first-order chi connectivity index (χ1) is 12.0. The van der Waals surface area contributed by atoms with Gasteiger partial charge in [0.2, 0.25) is 0 Å². The lowest BCUT2D eigenvalue weighted by molar-refractivity contribution is -0.384. The quantitative estimate of drug-likeness (QED) is 0.514. The molecule has 3 rings (SSSR count). The monoisotopic (exact) mass is 383 g/mol. The molecular formula is C16H22ClN5O4. The van der Waals surface area contributed by atoms with E-state index in [9.17, 15) is 14.9 Å². The molecule has 0 radical (unpaired) electrons. The van der Waals surface area contributed by atoms with Gasteiger partial charge in [-0.05, 0) is 32.0 Å². The fourth-order valence-corrected chi connectivity index (χ4v) is 3.28. The predicted octanol–water partition coefficient (Wildman–Crippen LogP) is 1.64. The summed E-state index contributed by atoms with van der Waals surface area (Å²) in [5.41, 5.74) is 0.579. The number of nitro groups is 1. The molecule has 0 saturated carbocycles. The largest absolute Gasteiger partial charge is 0.384 e. The van der Waals surface area contributed by atoms with Gasteiger partial charge in [-0.2, -0.15) is 5.10 Å². The van der Waals surface area contributed by atoms with Crippen molar-refractivity contribution >= 4 is 34.9 Å². The number of carbonyl (C=O) groups is 1. The number of aromatic nitrogens is 2. The molecule has 9 nitrogen and oxygen atoms in total. The topological polar surface area (TPSA) is 122 Å². The number of aromatic amines is 1. The predicted molar refractivity (Wildman–Crippen MR) is 98.7 cm³/mol. The highest BCUT2D eigenvalue weighted by Crippen LogP contribution is 2.28. The summed E-state index contributed by atoms with van der Waals surface area (Å²) in [7, 11) is 1.66. The number of nitrogens with one attached hydrogen (secondary N) is 3. The van der Waals surface area contributed by atoms with Crippen LogP contribution in [0, 0.1) is 15.5 Å². The maximum atomic E-state index is 12.6. The fourth-order valence-electron chi connectivity index (χ4n) is 3.28. The van der Waals surface area contributed by atoms with E-state index < -0.39 is 4.92 Å². The van der Waals surface area contributed by atoms with Crippen molar-refractivity contribution in [1.82, 2.24) is 20.8 Å². The Hall–Kier alpha value is -2.23. The molecule has 1 amide bonds. The number of rotatable bonds is 6. The van der Waals surface area contributed by atoms with Crippen molar-refractivity contribution in [3.63, 3.8) is 0 Å². The standard InChI is InChI=1S/C16H21N5O4.ClH/c1-25-10-16(4-6-17-7-5-16)9-18-15(22)14-12-8-11(21(23)24)2-3-13(12)19-20-14;/h2-3,8,17H,4-7,9-10H2,1H3,(H,18,22)(H,19,20);1H. The van der Waals surface area contributed by atoms with Crippen molar-refractivity contribution < 1.29 is 14.5 Å². The number of hydrogen-bond acceptors (Lipinski definition) is 6. The molecule has 3 N–H and O–H groups in total. The summed E-state index contributed by atoms with van der Waals surface area (Å²) >= 11 is 0. The van der Waals surface area contributed by atoms with E-state index in [1.165, 1.54) is 12.1 Å². The average Bonchev–Trinajstić information content (AvgIpc) is 3.04. The second-order valence-electron chi connectivity index (χ2n) is 6.42. The number of non-ortho nitro benzene ring substituents is 1. The van der Waals surface area contributed by atoms with Crippen LogP contribution in [0.1, 0.15) is 23.3 Å². The van der Waals surface area contributed by atoms with Crippen LogP contribution in [-0.4, -0.2) is 54.4 Å². The Bertz CT molecular complexity index is 783. The zero-order chi connectivity index (χ0) is 17.9. The normalized spacial score (nSPS) is 16.0. The molecule has 1 aliphatic heterocycles. The molecule has 1 aromatic carbocycles. The van der Waals surface area contributed by atoms with E-state index in [4.69, 9.17) is 4.74 Å².